The molecule has 0 bridgehead atoms. The number of carbonyl (C=O) groups excluding carboxylic acids is 1. The van der Waals surface area contributed by atoms with E-state index in [2.05, 4.69) is 9.97 Å². The number of imidazole rings is 1. The van der Waals surface area contributed by atoms with Gasteiger partial charge in [-0.1, -0.05) is 41.4 Å². The first-order valence-corrected chi connectivity index (χ1v) is 9.25. The number of oxazole rings is 1. The largest absolute Gasteiger partial charge is 0.459 e. The Hall–Kier alpha value is -3.12. The van der Waals surface area contributed by atoms with Crippen LogP contribution in [0, 0.1) is 6.92 Å². The Bertz CT molecular complexity index is 1120. The lowest BCUT2D eigenvalue weighted by molar-refractivity contribution is -0.145. The summed E-state index contributed by atoms with van der Waals surface area (Å²) in [5, 5.41) is 0.615. The number of aryl methyl sites for hydroxylation is 2. The fraction of sp³-hybridized carbons (Fsp3) is 0.190. The predicted molar refractivity (Wildman–Crippen MR) is 105 cm³/mol. The Labute approximate surface area is 166 Å². The van der Waals surface area contributed by atoms with Crippen molar-refractivity contribution in [2.75, 3.05) is 0 Å². The highest BCUT2D eigenvalue weighted by Crippen LogP contribution is 2.21. The highest BCUT2D eigenvalue weighted by Gasteiger charge is 2.11. The van der Waals surface area contributed by atoms with Crippen molar-refractivity contribution >= 4 is 23.2 Å². The molecule has 142 valence electrons. The fourth-order valence-corrected chi connectivity index (χ4v) is 2.97. The number of aromatic nitrogens is 3. The van der Waals surface area contributed by atoms with Gasteiger partial charge in [0.25, 0.3) is 0 Å². The average molecular weight is 396 g/mol. The third-order valence-electron chi connectivity index (χ3n) is 4.28. The first-order valence-electron chi connectivity index (χ1n) is 8.87. The van der Waals surface area contributed by atoms with Gasteiger partial charge in [0.05, 0.1) is 23.3 Å². The van der Waals surface area contributed by atoms with Crippen molar-refractivity contribution in [1.82, 2.24) is 14.4 Å². The van der Waals surface area contributed by atoms with E-state index >= 15 is 0 Å². The summed E-state index contributed by atoms with van der Waals surface area (Å²) >= 11 is 5.95. The van der Waals surface area contributed by atoms with Crippen LogP contribution in [0.5, 0.6) is 0 Å². The van der Waals surface area contributed by atoms with Crippen LogP contribution in [0.3, 0.4) is 0 Å². The number of pyridine rings is 1. The quantitative estimate of drug-likeness (QED) is 0.445. The summed E-state index contributed by atoms with van der Waals surface area (Å²) in [7, 11) is 0. The highest BCUT2D eigenvalue weighted by atomic mass is 35.5. The van der Waals surface area contributed by atoms with Crippen molar-refractivity contribution < 1.29 is 13.9 Å². The molecule has 7 heteroatoms. The molecule has 4 rings (SSSR count). The SMILES string of the molecule is Cc1ccc(-c2cnc(CCC(=O)OCc3cn4cc(Cl)ccc4n3)o2)cc1. The summed E-state index contributed by atoms with van der Waals surface area (Å²) in [6.07, 6.45) is 5.78. The number of esters is 1. The van der Waals surface area contributed by atoms with E-state index in [0.29, 0.717) is 28.8 Å². The van der Waals surface area contributed by atoms with Crippen LogP contribution in [-0.2, 0) is 22.6 Å². The number of fused-ring (bicyclic) bond motifs is 1. The first kappa shape index (κ1) is 18.3. The number of hydrogen-bond donors (Lipinski definition) is 0. The lowest BCUT2D eigenvalue weighted by atomic mass is 10.1. The molecule has 0 aliphatic heterocycles. The number of benzene rings is 1. The van der Waals surface area contributed by atoms with Crippen LogP contribution in [0.25, 0.3) is 17.0 Å². The van der Waals surface area contributed by atoms with Gasteiger partial charge in [-0.05, 0) is 19.1 Å². The Kier molecular flexibility index (Phi) is 5.12. The summed E-state index contributed by atoms with van der Waals surface area (Å²) < 4.78 is 12.8. The van der Waals surface area contributed by atoms with E-state index in [4.69, 9.17) is 20.8 Å². The molecule has 0 fully saturated rings. The van der Waals surface area contributed by atoms with Crippen molar-refractivity contribution in [3.8, 4) is 11.3 Å². The topological polar surface area (TPSA) is 69.6 Å². The van der Waals surface area contributed by atoms with Crippen molar-refractivity contribution in [1.29, 1.82) is 0 Å². The molecule has 0 N–H and O–H groups in total. The second-order valence-corrected chi connectivity index (χ2v) is 6.93. The van der Waals surface area contributed by atoms with Gasteiger partial charge < -0.3 is 13.6 Å². The molecule has 28 heavy (non-hydrogen) atoms. The van der Waals surface area contributed by atoms with Crippen LogP contribution in [0.15, 0.2) is 59.4 Å². The van der Waals surface area contributed by atoms with Gasteiger partial charge in [-0.15, -0.1) is 0 Å². The van der Waals surface area contributed by atoms with E-state index in [0.717, 1.165) is 11.2 Å². The lowest BCUT2D eigenvalue weighted by Crippen LogP contribution is -2.06. The van der Waals surface area contributed by atoms with Crippen LogP contribution in [-0.4, -0.2) is 20.3 Å². The smallest absolute Gasteiger partial charge is 0.306 e. The van der Waals surface area contributed by atoms with E-state index in [9.17, 15) is 4.79 Å². The maximum Gasteiger partial charge on any atom is 0.306 e. The van der Waals surface area contributed by atoms with Crippen LogP contribution in [0.4, 0.5) is 0 Å². The summed E-state index contributed by atoms with van der Waals surface area (Å²) in [5.74, 6) is 0.867. The van der Waals surface area contributed by atoms with Crippen LogP contribution >= 0.6 is 11.6 Å². The molecule has 0 atom stereocenters. The monoisotopic (exact) mass is 395 g/mol. The number of halogens is 1. The van der Waals surface area contributed by atoms with Gasteiger partial charge in [0.1, 0.15) is 12.3 Å². The molecule has 0 aliphatic carbocycles. The third kappa shape index (κ3) is 4.23. The molecule has 1 aromatic carbocycles. The standard InChI is InChI=1S/C21H18ClN3O3/c1-14-2-4-15(5-3-14)18-10-23-20(28-18)8-9-21(26)27-13-17-12-25-11-16(22)6-7-19(25)24-17/h2-7,10-12H,8-9,13H2,1H3. The molecule has 0 amide bonds. The van der Waals surface area contributed by atoms with Gasteiger partial charge in [-0.2, -0.15) is 0 Å². The molecule has 0 saturated heterocycles. The Balaban J connectivity index is 1.30. The molecule has 4 aromatic rings. The summed E-state index contributed by atoms with van der Waals surface area (Å²) in [4.78, 5) is 20.6. The molecule has 0 aliphatic rings. The second-order valence-electron chi connectivity index (χ2n) is 6.49. The van der Waals surface area contributed by atoms with E-state index in [1.54, 1.807) is 29.1 Å². The number of nitrogens with zero attached hydrogens (tertiary/aromatic N) is 3. The van der Waals surface area contributed by atoms with Gasteiger partial charge >= 0.3 is 5.97 Å². The number of rotatable bonds is 6. The summed E-state index contributed by atoms with van der Waals surface area (Å²) in [6.45, 7) is 2.14. The lowest BCUT2D eigenvalue weighted by Gasteiger charge is -2.01. The minimum absolute atomic E-state index is 0.109. The highest BCUT2D eigenvalue weighted by molar-refractivity contribution is 6.30. The molecule has 0 unspecified atom stereocenters. The average Bonchev–Trinajstić information content (AvgIpc) is 3.31. The molecular formula is C21H18ClN3O3. The third-order valence-corrected chi connectivity index (χ3v) is 4.50. The normalized spacial score (nSPS) is 11.1. The Morgan fingerprint density at radius 1 is 1.18 bits per heavy atom. The van der Waals surface area contributed by atoms with Gasteiger partial charge in [-0.25, -0.2) is 9.97 Å². The zero-order valence-corrected chi connectivity index (χ0v) is 16.0. The summed E-state index contributed by atoms with van der Waals surface area (Å²) in [5.41, 5.74) is 3.55. The van der Waals surface area contributed by atoms with E-state index in [-0.39, 0.29) is 19.0 Å². The van der Waals surface area contributed by atoms with Crippen molar-refractivity contribution in [3.63, 3.8) is 0 Å². The minimum Gasteiger partial charge on any atom is -0.459 e. The van der Waals surface area contributed by atoms with Crippen molar-refractivity contribution in [3.05, 3.63) is 77.2 Å². The summed E-state index contributed by atoms with van der Waals surface area (Å²) in [6, 6.07) is 11.6. The zero-order valence-electron chi connectivity index (χ0n) is 15.3. The maximum atomic E-state index is 12.0. The molecule has 0 radical (unpaired) electrons. The second kappa shape index (κ2) is 7.86. The van der Waals surface area contributed by atoms with Crippen molar-refractivity contribution in [2.24, 2.45) is 0 Å². The molecule has 3 heterocycles. The molecule has 0 saturated carbocycles. The van der Waals surface area contributed by atoms with E-state index in [1.165, 1.54) is 5.56 Å². The molecule has 3 aromatic heterocycles. The van der Waals surface area contributed by atoms with E-state index < -0.39 is 0 Å². The van der Waals surface area contributed by atoms with Crippen LogP contribution in [0.2, 0.25) is 5.02 Å². The fourth-order valence-electron chi connectivity index (χ4n) is 2.80. The van der Waals surface area contributed by atoms with Gasteiger partial charge in [0.15, 0.2) is 11.7 Å². The predicted octanol–water partition coefficient (Wildman–Crippen LogP) is 4.63. The van der Waals surface area contributed by atoms with Crippen LogP contribution in [0.1, 0.15) is 23.6 Å². The number of hydrogen-bond acceptors (Lipinski definition) is 5. The molecule has 6 nitrogen and oxygen atoms in total. The van der Waals surface area contributed by atoms with Gasteiger partial charge in [-0.3, -0.25) is 4.79 Å². The van der Waals surface area contributed by atoms with E-state index in [1.807, 2.05) is 37.3 Å². The number of carbonyl (C=O) groups is 1. The molecule has 0 spiro atoms. The maximum absolute atomic E-state index is 12.0. The molecular weight excluding hydrogens is 378 g/mol. The van der Waals surface area contributed by atoms with Gasteiger partial charge in [0.2, 0.25) is 0 Å². The minimum atomic E-state index is -0.329. The number of ether oxygens (including phenoxy) is 1. The Morgan fingerprint density at radius 2 is 2.00 bits per heavy atom. The van der Waals surface area contributed by atoms with Crippen LogP contribution < -0.4 is 0 Å². The zero-order chi connectivity index (χ0) is 19.5. The Morgan fingerprint density at radius 3 is 2.82 bits per heavy atom. The van der Waals surface area contributed by atoms with Gasteiger partial charge in [0, 0.05) is 24.4 Å². The first-order chi connectivity index (χ1) is 13.6. The van der Waals surface area contributed by atoms with Crippen molar-refractivity contribution in [2.45, 2.75) is 26.4 Å².